The topological polar surface area (TPSA) is 52.3 Å². The van der Waals surface area contributed by atoms with Crippen LogP contribution in [0.25, 0.3) is 0 Å². The van der Waals surface area contributed by atoms with E-state index in [9.17, 15) is 4.79 Å². The molecule has 110 valence electrons. The second-order valence-corrected chi connectivity index (χ2v) is 7.63. The maximum absolute atomic E-state index is 12.3. The summed E-state index contributed by atoms with van der Waals surface area (Å²) in [7, 11) is 0. The van der Waals surface area contributed by atoms with Gasteiger partial charge in [0.25, 0.3) is 0 Å². The molecule has 2 N–H and O–H groups in total. The molecular weight excluding hydrogens is 238 g/mol. The molecule has 0 aromatic heterocycles. The second-order valence-electron chi connectivity index (χ2n) is 7.63. The highest BCUT2D eigenvalue weighted by atomic mass is 16.5. The quantitative estimate of drug-likeness (QED) is 0.780. The van der Waals surface area contributed by atoms with E-state index < -0.39 is 5.54 Å². The predicted octanol–water partition coefficient (Wildman–Crippen LogP) is 3.41. The minimum Gasteiger partial charge on any atom is -0.461 e. The van der Waals surface area contributed by atoms with Gasteiger partial charge in [-0.05, 0) is 49.9 Å². The molecule has 19 heavy (non-hydrogen) atoms. The van der Waals surface area contributed by atoms with Crippen molar-refractivity contribution in [3.05, 3.63) is 0 Å². The highest BCUT2D eigenvalue weighted by Gasteiger charge is 2.41. The minimum absolute atomic E-state index is 0.0955. The lowest BCUT2D eigenvalue weighted by Crippen LogP contribution is -2.53. The average Bonchev–Trinajstić information content (AvgIpc) is 2.31. The zero-order valence-electron chi connectivity index (χ0n) is 12.7. The Morgan fingerprint density at radius 3 is 2.37 bits per heavy atom. The molecule has 0 aliphatic heterocycles. The summed E-state index contributed by atoms with van der Waals surface area (Å²) in [6, 6.07) is 0. The van der Waals surface area contributed by atoms with E-state index in [0.29, 0.717) is 11.3 Å². The van der Waals surface area contributed by atoms with Gasteiger partial charge in [-0.25, -0.2) is 0 Å². The van der Waals surface area contributed by atoms with Gasteiger partial charge in [0.15, 0.2) is 0 Å². The minimum atomic E-state index is -0.718. The normalized spacial score (nSPS) is 35.9. The lowest BCUT2D eigenvalue weighted by atomic mass is 9.75. The number of esters is 1. The molecule has 3 nitrogen and oxygen atoms in total. The molecule has 3 heteroatoms. The third-order valence-electron chi connectivity index (χ3n) is 5.00. The number of hydrogen-bond acceptors (Lipinski definition) is 3. The van der Waals surface area contributed by atoms with Crippen LogP contribution in [-0.2, 0) is 9.53 Å². The van der Waals surface area contributed by atoms with Gasteiger partial charge in [-0.3, -0.25) is 4.79 Å². The summed E-state index contributed by atoms with van der Waals surface area (Å²) in [4.78, 5) is 12.3. The summed E-state index contributed by atoms with van der Waals surface area (Å²) in [5, 5.41) is 0. The zero-order chi connectivity index (χ0) is 14.1. The molecule has 2 aliphatic rings. The van der Waals surface area contributed by atoms with E-state index in [2.05, 4.69) is 20.8 Å². The van der Waals surface area contributed by atoms with Crippen molar-refractivity contribution in [1.29, 1.82) is 0 Å². The number of ether oxygens (including phenoxy) is 1. The van der Waals surface area contributed by atoms with Crippen LogP contribution in [0.3, 0.4) is 0 Å². The van der Waals surface area contributed by atoms with Crippen LogP contribution in [0.4, 0.5) is 0 Å². The Bertz CT molecular complexity index is 330. The number of carbonyl (C=O) groups is 1. The van der Waals surface area contributed by atoms with Crippen LogP contribution in [0.15, 0.2) is 0 Å². The molecule has 0 aromatic carbocycles. The van der Waals surface area contributed by atoms with Gasteiger partial charge in [0, 0.05) is 0 Å². The third kappa shape index (κ3) is 3.71. The molecule has 0 aromatic rings. The molecule has 0 saturated heterocycles. The van der Waals surface area contributed by atoms with Crippen molar-refractivity contribution in [1.82, 2.24) is 0 Å². The zero-order valence-corrected chi connectivity index (χ0v) is 12.7. The van der Waals surface area contributed by atoms with Crippen LogP contribution in [0.5, 0.6) is 0 Å². The van der Waals surface area contributed by atoms with Crippen molar-refractivity contribution >= 4 is 5.97 Å². The van der Waals surface area contributed by atoms with Gasteiger partial charge in [-0.15, -0.1) is 0 Å². The fourth-order valence-corrected chi connectivity index (χ4v) is 3.54. The molecule has 0 amide bonds. The Labute approximate surface area is 117 Å². The van der Waals surface area contributed by atoms with Gasteiger partial charge in [0.2, 0.25) is 0 Å². The predicted molar refractivity (Wildman–Crippen MR) is 76.7 cm³/mol. The number of carbonyl (C=O) groups excluding carboxylic acids is 1. The molecular formula is C16H29NO2. The van der Waals surface area contributed by atoms with E-state index in [1.165, 1.54) is 6.42 Å². The SMILES string of the molecule is CC1CCCC(N)(C(=O)OC2CCC(C)(C)CC2)C1. The van der Waals surface area contributed by atoms with E-state index in [4.69, 9.17) is 10.5 Å². The third-order valence-corrected chi connectivity index (χ3v) is 5.00. The van der Waals surface area contributed by atoms with Crippen LogP contribution in [0.2, 0.25) is 0 Å². The molecule has 2 saturated carbocycles. The number of nitrogens with two attached hydrogens (primary N) is 1. The van der Waals surface area contributed by atoms with E-state index in [0.717, 1.165) is 44.9 Å². The second kappa shape index (κ2) is 5.43. The van der Waals surface area contributed by atoms with E-state index in [1.54, 1.807) is 0 Å². The Hall–Kier alpha value is -0.570. The van der Waals surface area contributed by atoms with Crippen LogP contribution >= 0.6 is 0 Å². The number of hydrogen-bond donors (Lipinski definition) is 1. The van der Waals surface area contributed by atoms with Crippen LogP contribution in [0.1, 0.15) is 72.1 Å². The van der Waals surface area contributed by atoms with Crippen molar-refractivity contribution in [2.45, 2.75) is 83.8 Å². The van der Waals surface area contributed by atoms with Crippen molar-refractivity contribution in [2.24, 2.45) is 17.1 Å². The van der Waals surface area contributed by atoms with Gasteiger partial charge in [-0.2, -0.15) is 0 Å². The van der Waals surface area contributed by atoms with Crippen molar-refractivity contribution < 1.29 is 9.53 Å². The summed E-state index contributed by atoms with van der Waals surface area (Å²) in [5.41, 5.74) is 5.98. The lowest BCUT2D eigenvalue weighted by Gasteiger charge is -2.38. The Morgan fingerprint density at radius 2 is 1.79 bits per heavy atom. The Kier molecular flexibility index (Phi) is 4.24. The first-order chi connectivity index (χ1) is 8.81. The molecule has 2 aliphatic carbocycles. The maximum atomic E-state index is 12.3. The van der Waals surface area contributed by atoms with Crippen molar-refractivity contribution in [2.75, 3.05) is 0 Å². The van der Waals surface area contributed by atoms with Crippen LogP contribution in [-0.4, -0.2) is 17.6 Å². The van der Waals surface area contributed by atoms with E-state index in [1.807, 2.05) is 0 Å². The molecule has 0 heterocycles. The summed E-state index contributed by atoms with van der Waals surface area (Å²) < 4.78 is 5.71. The number of rotatable bonds is 2. The first kappa shape index (κ1) is 14.8. The lowest BCUT2D eigenvalue weighted by molar-refractivity contribution is -0.160. The standard InChI is InChI=1S/C16H29NO2/c1-12-5-4-8-16(17,11-12)14(18)19-13-6-9-15(2,3)10-7-13/h12-13H,4-11,17H2,1-3H3. The summed E-state index contributed by atoms with van der Waals surface area (Å²) >= 11 is 0. The summed E-state index contributed by atoms with van der Waals surface area (Å²) in [5.74, 6) is 0.389. The Balaban J connectivity index is 1.87. The van der Waals surface area contributed by atoms with Crippen molar-refractivity contribution in [3.8, 4) is 0 Å². The fraction of sp³-hybridized carbons (Fsp3) is 0.938. The highest BCUT2D eigenvalue weighted by Crippen LogP contribution is 2.37. The highest BCUT2D eigenvalue weighted by molar-refractivity contribution is 5.80. The largest absolute Gasteiger partial charge is 0.461 e. The van der Waals surface area contributed by atoms with Gasteiger partial charge in [0.1, 0.15) is 11.6 Å². The first-order valence-corrected chi connectivity index (χ1v) is 7.81. The van der Waals surface area contributed by atoms with Crippen LogP contribution in [0, 0.1) is 11.3 Å². The average molecular weight is 267 g/mol. The Morgan fingerprint density at radius 1 is 1.16 bits per heavy atom. The van der Waals surface area contributed by atoms with E-state index >= 15 is 0 Å². The monoisotopic (exact) mass is 267 g/mol. The van der Waals surface area contributed by atoms with Crippen molar-refractivity contribution in [3.63, 3.8) is 0 Å². The summed E-state index contributed by atoms with van der Waals surface area (Å²) in [6.07, 6.45) is 8.15. The molecule has 2 unspecified atom stereocenters. The van der Waals surface area contributed by atoms with Crippen LogP contribution < -0.4 is 5.73 Å². The molecule has 0 spiro atoms. The molecule has 2 fully saturated rings. The van der Waals surface area contributed by atoms with Gasteiger partial charge in [0.05, 0.1) is 0 Å². The van der Waals surface area contributed by atoms with Gasteiger partial charge >= 0.3 is 5.97 Å². The molecule has 0 bridgehead atoms. The van der Waals surface area contributed by atoms with Gasteiger partial charge in [-0.1, -0.05) is 33.6 Å². The molecule has 0 radical (unpaired) electrons. The molecule has 2 rings (SSSR count). The fourth-order valence-electron chi connectivity index (χ4n) is 3.54. The van der Waals surface area contributed by atoms with E-state index in [-0.39, 0.29) is 12.1 Å². The first-order valence-electron chi connectivity index (χ1n) is 7.81. The summed E-state index contributed by atoms with van der Waals surface area (Å²) in [6.45, 7) is 6.76. The van der Waals surface area contributed by atoms with Gasteiger partial charge < -0.3 is 10.5 Å². The maximum Gasteiger partial charge on any atom is 0.326 e. The molecule has 2 atom stereocenters. The smallest absolute Gasteiger partial charge is 0.326 e.